The summed E-state index contributed by atoms with van der Waals surface area (Å²) in [6.07, 6.45) is 0. The van der Waals surface area contributed by atoms with Gasteiger partial charge in [0.1, 0.15) is 11.5 Å². The molecule has 0 aliphatic carbocycles. The van der Waals surface area contributed by atoms with Gasteiger partial charge in [-0.3, -0.25) is 5.10 Å². The Morgan fingerprint density at radius 3 is 2.71 bits per heavy atom. The van der Waals surface area contributed by atoms with E-state index in [1.165, 1.54) is 6.07 Å². The van der Waals surface area contributed by atoms with Crippen molar-refractivity contribution in [2.24, 2.45) is 0 Å². The molecule has 5 heteroatoms. The van der Waals surface area contributed by atoms with Crippen LogP contribution in [-0.4, -0.2) is 17.2 Å². The van der Waals surface area contributed by atoms with Crippen LogP contribution in [0.25, 0.3) is 11.3 Å². The number of aryl methyl sites for hydroxylation is 2. The SMILES string of the molecule is CNc1c(-c2cc(F)c(C)cc2Cl)n[nH]c1C. The third-order valence-corrected chi connectivity index (χ3v) is 3.01. The van der Waals surface area contributed by atoms with Crippen molar-refractivity contribution in [1.82, 2.24) is 10.2 Å². The lowest BCUT2D eigenvalue weighted by Crippen LogP contribution is -1.93. The fourth-order valence-corrected chi connectivity index (χ4v) is 2.07. The highest BCUT2D eigenvalue weighted by molar-refractivity contribution is 6.33. The van der Waals surface area contributed by atoms with E-state index in [-0.39, 0.29) is 5.82 Å². The van der Waals surface area contributed by atoms with Gasteiger partial charge in [0.05, 0.1) is 16.4 Å². The molecule has 2 rings (SSSR count). The standard InChI is InChI=1S/C12H13ClFN3/c1-6-4-9(13)8(5-10(6)14)12-11(15-3)7(2)16-17-12/h4-5,15H,1-3H3,(H,16,17). The molecule has 0 saturated heterocycles. The van der Waals surface area contributed by atoms with Gasteiger partial charge in [-0.25, -0.2) is 4.39 Å². The van der Waals surface area contributed by atoms with E-state index in [0.717, 1.165) is 11.4 Å². The van der Waals surface area contributed by atoms with Crippen molar-refractivity contribution in [2.75, 3.05) is 12.4 Å². The van der Waals surface area contributed by atoms with Crippen LogP contribution in [0, 0.1) is 19.7 Å². The second kappa shape index (κ2) is 4.37. The topological polar surface area (TPSA) is 40.7 Å². The number of anilines is 1. The van der Waals surface area contributed by atoms with Gasteiger partial charge in [-0.2, -0.15) is 5.10 Å². The van der Waals surface area contributed by atoms with Crippen molar-refractivity contribution < 1.29 is 4.39 Å². The molecule has 0 amide bonds. The molecule has 2 N–H and O–H groups in total. The van der Waals surface area contributed by atoms with Gasteiger partial charge in [-0.15, -0.1) is 0 Å². The smallest absolute Gasteiger partial charge is 0.126 e. The van der Waals surface area contributed by atoms with E-state index >= 15 is 0 Å². The Morgan fingerprint density at radius 2 is 2.06 bits per heavy atom. The van der Waals surface area contributed by atoms with E-state index in [2.05, 4.69) is 15.5 Å². The van der Waals surface area contributed by atoms with Crippen molar-refractivity contribution in [1.29, 1.82) is 0 Å². The molecule has 0 unspecified atom stereocenters. The van der Waals surface area contributed by atoms with Gasteiger partial charge in [0, 0.05) is 12.6 Å². The molecule has 3 nitrogen and oxygen atoms in total. The molecule has 0 spiro atoms. The number of hydrogen-bond donors (Lipinski definition) is 2. The zero-order chi connectivity index (χ0) is 12.6. The fraction of sp³-hybridized carbons (Fsp3) is 0.250. The van der Waals surface area contributed by atoms with Gasteiger partial charge in [0.2, 0.25) is 0 Å². The number of halogens is 2. The van der Waals surface area contributed by atoms with Crippen LogP contribution in [0.15, 0.2) is 12.1 Å². The number of rotatable bonds is 2. The minimum atomic E-state index is -0.285. The van der Waals surface area contributed by atoms with Gasteiger partial charge >= 0.3 is 0 Å². The first-order valence-corrected chi connectivity index (χ1v) is 5.61. The van der Waals surface area contributed by atoms with Crippen LogP contribution in [0.3, 0.4) is 0 Å². The number of benzene rings is 1. The molecule has 17 heavy (non-hydrogen) atoms. The maximum Gasteiger partial charge on any atom is 0.126 e. The molecule has 2 aromatic rings. The quantitative estimate of drug-likeness (QED) is 0.860. The minimum absolute atomic E-state index is 0.285. The van der Waals surface area contributed by atoms with E-state index in [1.54, 1.807) is 20.0 Å². The Labute approximate surface area is 104 Å². The molecule has 0 saturated carbocycles. The predicted molar refractivity (Wildman–Crippen MR) is 68.0 cm³/mol. The Morgan fingerprint density at radius 1 is 1.35 bits per heavy atom. The monoisotopic (exact) mass is 253 g/mol. The highest BCUT2D eigenvalue weighted by atomic mass is 35.5. The highest BCUT2D eigenvalue weighted by Gasteiger charge is 2.15. The lowest BCUT2D eigenvalue weighted by molar-refractivity contribution is 0.619. The normalized spacial score (nSPS) is 10.6. The van der Waals surface area contributed by atoms with Crippen molar-refractivity contribution in [3.05, 3.63) is 34.2 Å². The number of aromatic nitrogens is 2. The summed E-state index contributed by atoms with van der Waals surface area (Å²) in [5.74, 6) is -0.285. The second-order valence-electron chi connectivity index (χ2n) is 3.90. The maximum absolute atomic E-state index is 13.6. The zero-order valence-electron chi connectivity index (χ0n) is 9.86. The average Bonchev–Trinajstić information content (AvgIpc) is 2.64. The van der Waals surface area contributed by atoms with E-state index in [1.807, 2.05) is 6.92 Å². The van der Waals surface area contributed by atoms with Crippen molar-refractivity contribution in [2.45, 2.75) is 13.8 Å². The number of nitrogens with zero attached hydrogens (tertiary/aromatic N) is 1. The molecular formula is C12H13ClFN3. The number of nitrogens with one attached hydrogen (secondary N) is 2. The molecular weight excluding hydrogens is 241 g/mol. The highest BCUT2D eigenvalue weighted by Crippen LogP contribution is 2.34. The summed E-state index contributed by atoms with van der Waals surface area (Å²) in [4.78, 5) is 0. The van der Waals surface area contributed by atoms with Crippen molar-refractivity contribution in [3.63, 3.8) is 0 Å². The summed E-state index contributed by atoms with van der Waals surface area (Å²) in [5.41, 5.74) is 3.46. The van der Waals surface area contributed by atoms with Gasteiger partial charge in [0.15, 0.2) is 0 Å². The summed E-state index contributed by atoms with van der Waals surface area (Å²) in [5, 5.41) is 10.5. The summed E-state index contributed by atoms with van der Waals surface area (Å²) >= 11 is 6.13. The first kappa shape index (κ1) is 11.9. The molecule has 1 heterocycles. The molecule has 90 valence electrons. The molecule has 1 aromatic carbocycles. The summed E-state index contributed by atoms with van der Waals surface area (Å²) in [6.45, 7) is 3.57. The summed E-state index contributed by atoms with van der Waals surface area (Å²) < 4.78 is 13.6. The van der Waals surface area contributed by atoms with Gasteiger partial charge in [-0.05, 0) is 31.5 Å². The van der Waals surface area contributed by atoms with E-state index in [9.17, 15) is 4.39 Å². The molecule has 0 aliphatic heterocycles. The lowest BCUT2D eigenvalue weighted by Gasteiger charge is -2.07. The Balaban J connectivity index is 2.64. The second-order valence-corrected chi connectivity index (χ2v) is 4.31. The third kappa shape index (κ3) is 2.00. The summed E-state index contributed by atoms with van der Waals surface area (Å²) in [7, 11) is 1.79. The van der Waals surface area contributed by atoms with Crippen LogP contribution < -0.4 is 5.32 Å². The third-order valence-electron chi connectivity index (χ3n) is 2.70. The van der Waals surface area contributed by atoms with Crippen LogP contribution in [0.1, 0.15) is 11.3 Å². The Kier molecular flexibility index (Phi) is 3.07. The number of H-pyrrole nitrogens is 1. The molecule has 0 aliphatic rings. The van der Waals surface area contributed by atoms with Crippen LogP contribution in [-0.2, 0) is 0 Å². The van der Waals surface area contributed by atoms with Crippen LogP contribution >= 0.6 is 11.6 Å². The zero-order valence-corrected chi connectivity index (χ0v) is 10.6. The van der Waals surface area contributed by atoms with E-state index < -0.39 is 0 Å². The van der Waals surface area contributed by atoms with Gasteiger partial charge < -0.3 is 5.32 Å². The van der Waals surface area contributed by atoms with E-state index in [0.29, 0.717) is 21.8 Å². The molecule has 0 bridgehead atoms. The molecule has 0 atom stereocenters. The lowest BCUT2D eigenvalue weighted by atomic mass is 10.1. The van der Waals surface area contributed by atoms with Gasteiger partial charge in [0.25, 0.3) is 0 Å². The first-order chi connectivity index (χ1) is 8.04. The van der Waals surface area contributed by atoms with Crippen LogP contribution in [0.5, 0.6) is 0 Å². The predicted octanol–water partition coefficient (Wildman–Crippen LogP) is 3.53. The summed E-state index contributed by atoms with van der Waals surface area (Å²) in [6, 6.07) is 3.02. The Bertz CT molecular complexity index is 563. The Hall–Kier alpha value is -1.55. The van der Waals surface area contributed by atoms with Gasteiger partial charge in [-0.1, -0.05) is 11.6 Å². The van der Waals surface area contributed by atoms with Crippen LogP contribution in [0.2, 0.25) is 5.02 Å². The fourth-order valence-electron chi connectivity index (χ4n) is 1.76. The van der Waals surface area contributed by atoms with Crippen LogP contribution in [0.4, 0.5) is 10.1 Å². The molecule has 0 fully saturated rings. The average molecular weight is 254 g/mol. The number of hydrogen-bond acceptors (Lipinski definition) is 2. The molecule has 1 aromatic heterocycles. The van der Waals surface area contributed by atoms with Crippen molar-refractivity contribution in [3.8, 4) is 11.3 Å². The van der Waals surface area contributed by atoms with Crippen molar-refractivity contribution >= 4 is 17.3 Å². The van der Waals surface area contributed by atoms with E-state index in [4.69, 9.17) is 11.6 Å². The minimum Gasteiger partial charge on any atom is -0.385 e. The maximum atomic E-state index is 13.6. The molecule has 0 radical (unpaired) electrons. The number of aromatic amines is 1. The largest absolute Gasteiger partial charge is 0.385 e. The first-order valence-electron chi connectivity index (χ1n) is 5.23.